The fourth-order valence-corrected chi connectivity index (χ4v) is 4.73. The van der Waals surface area contributed by atoms with Gasteiger partial charge in [0.05, 0.1) is 43.9 Å². The largest absolute Gasteiger partial charge is 0.481 e. The van der Waals surface area contributed by atoms with Crippen molar-refractivity contribution in [3.05, 3.63) is 0 Å². The minimum atomic E-state index is -0.823. The predicted molar refractivity (Wildman–Crippen MR) is 145 cm³/mol. The maximum Gasteiger partial charge on any atom is 0.306 e. The number of hydrogen-bond acceptors (Lipinski definition) is 3. The first-order valence-corrected chi connectivity index (χ1v) is 14.6. The molecule has 0 fully saturated rings. The number of quaternary nitrogens is 1. The summed E-state index contributed by atoms with van der Waals surface area (Å²) in [7, 11) is 0. The van der Waals surface area contributed by atoms with E-state index in [4.69, 9.17) is 0 Å². The highest BCUT2D eigenvalue weighted by Crippen LogP contribution is 2.22. The molecule has 3 unspecified atom stereocenters. The Morgan fingerprint density at radius 3 is 1.06 bits per heavy atom. The number of aliphatic carboxylic acids is 3. The topological polar surface area (TPSA) is 112 Å². The SMILES string of the molecule is CCCCCCCCCCCCCC[N+](CCC(C)C(=O)O)(CCC(C)C(=O)O)CCC(C)C(=O)O. The van der Waals surface area contributed by atoms with Crippen LogP contribution in [-0.4, -0.2) is 63.9 Å². The number of nitrogens with zero attached hydrogens (tertiary/aromatic N) is 1. The Morgan fingerprint density at radius 2 is 0.778 bits per heavy atom. The van der Waals surface area contributed by atoms with Crippen molar-refractivity contribution in [2.45, 2.75) is 124 Å². The molecule has 0 saturated carbocycles. The zero-order valence-corrected chi connectivity index (χ0v) is 23.7. The predicted octanol–water partition coefficient (Wildman–Crippen LogP) is 6.84. The third-order valence-corrected chi connectivity index (χ3v) is 7.86. The Morgan fingerprint density at radius 1 is 0.500 bits per heavy atom. The van der Waals surface area contributed by atoms with E-state index >= 15 is 0 Å². The van der Waals surface area contributed by atoms with Crippen molar-refractivity contribution >= 4 is 17.9 Å². The van der Waals surface area contributed by atoms with Gasteiger partial charge in [0.15, 0.2) is 0 Å². The summed E-state index contributed by atoms with van der Waals surface area (Å²) in [4.78, 5) is 34.3. The van der Waals surface area contributed by atoms with Gasteiger partial charge in [-0.25, -0.2) is 0 Å². The normalized spacial score (nSPS) is 15.7. The molecule has 0 rings (SSSR count). The average molecular weight is 515 g/mol. The molecule has 0 radical (unpaired) electrons. The van der Waals surface area contributed by atoms with Crippen molar-refractivity contribution in [3.8, 4) is 0 Å². The van der Waals surface area contributed by atoms with Crippen LogP contribution in [0.15, 0.2) is 0 Å². The molecule has 7 heteroatoms. The highest BCUT2D eigenvalue weighted by atomic mass is 16.4. The van der Waals surface area contributed by atoms with Gasteiger partial charge in [-0.05, 0) is 12.8 Å². The van der Waals surface area contributed by atoms with Crippen molar-refractivity contribution in [3.63, 3.8) is 0 Å². The molecule has 3 atom stereocenters. The third-order valence-electron chi connectivity index (χ3n) is 7.86. The fourth-order valence-electron chi connectivity index (χ4n) is 4.73. The first kappa shape index (κ1) is 34.4. The molecule has 0 aromatic heterocycles. The number of carboxylic acid groups (broad SMARTS) is 3. The van der Waals surface area contributed by atoms with Gasteiger partial charge >= 0.3 is 17.9 Å². The van der Waals surface area contributed by atoms with Gasteiger partial charge in [-0.2, -0.15) is 0 Å². The summed E-state index contributed by atoms with van der Waals surface area (Å²) in [6.45, 7) is 10.1. The van der Waals surface area contributed by atoms with E-state index in [-0.39, 0.29) is 0 Å². The molecule has 0 aliphatic rings. The minimum absolute atomic E-state index is 0.474. The zero-order chi connectivity index (χ0) is 27.4. The number of unbranched alkanes of at least 4 members (excludes halogenated alkanes) is 11. The Kier molecular flexibility index (Phi) is 19.5. The second-order valence-corrected chi connectivity index (χ2v) is 11.2. The standard InChI is InChI=1S/C29H55NO6/c1-5-6-7-8-9-10-11-12-13-14-15-16-20-30(21-17-24(2)27(31)32,22-18-25(3)28(33)34)23-19-26(4)29(35)36/h24-26H,5-23H2,1-4H3,(H2-,31,32,33,34,35,36)/p+1. The summed E-state index contributed by atoms with van der Waals surface area (Å²) < 4.78 is 0.616. The van der Waals surface area contributed by atoms with Gasteiger partial charge in [-0.3, -0.25) is 14.4 Å². The molecular weight excluding hydrogens is 458 g/mol. The summed E-state index contributed by atoms with van der Waals surface area (Å²) in [6.07, 6.45) is 16.7. The second kappa shape index (κ2) is 20.4. The molecule has 3 N–H and O–H groups in total. The molecule has 212 valence electrons. The van der Waals surface area contributed by atoms with E-state index < -0.39 is 35.7 Å². The van der Waals surface area contributed by atoms with Crippen LogP contribution >= 0.6 is 0 Å². The van der Waals surface area contributed by atoms with Crippen LogP contribution in [0.5, 0.6) is 0 Å². The highest BCUT2D eigenvalue weighted by Gasteiger charge is 2.31. The summed E-state index contributed by atoms with van der Waals surface area (Å²) >= 11 is 0. The number of carboxylic acids is 3. The monoisotopic (exact) mass is 514 g/mol. The van der Waals surface area contributed by atoms with E-state index in [9.17, 15) is 29.7 Å². The summed E-state index contributed by atoms with van der Waals surface area (Å²) in [5, 5.41) is 28.2. The van der Waals surface area contributed by atoms with E-state index in [0.717, 1.165) is 19.4 Å². The molecular formula is C29H56NO6+. The lowest BCUT2D eigenvalue weighted by Gasteiger charge is -2.40. The summed E-state index contributed by atoms with van der Waals surface area (Å²) in [6, 6.07) is 0. The van der Waals surface area contributed by atoms with Gasteiger partial charge in [0.1, 0.15) is 0 Å². The fraction of sp³-hybridized carbons (Fsp3) is 0.897. The number of hydrogen-bond donors (Lipinski definition) is 3. The number of rotatable bonds is 25. The molecule has 0 aliphatic carbocycles. The van der Waals surface area contributed by atoms with E-state index in [1.165, 1.54) is 64.2 Å². The van der Waals surface area contributed by atoms with Gasteiger partial charge < -0.3 is 19.8 Å². The van der Waals surface area contributed by atoms with Crippen molar-refractivity contribution in [1.82, 2.24) is 0 Å². The maximum atomic E-state index is 11.4. The zero-order valence-electron chi connectivity index (χ0n) is 23.7. The first-order chi connectivity index (χ1) is 17.0. The molecule has 0 aromatic rings. The van der Waals surface area contributed by atoms with Crippen LogP contribution in [-0.2, 0) is 14.4 Å². The van der Waals surface area contributed by atoms with Crippen molar-refractivity contribution in [2.75, 3.05) is 26.2 Å². The molecule has 36 heavy (non-hydrogen) atoms. The Labute approximate surface area is 220 Å². The van der Waals surface area contributed by atoms with Crippen molar-refractivity contribution in [2.24, 2.45) is 17.8 Å². The van der Waals surface area contributed by atoms with Crippen LogP contribution in [0.2, 0.25) is 0 Å². The van der Waals surface area contributed by atoms with Gasteiger partial charge in [-0.1, -0.05) is 91.9 Å². The molecule has 0 amide bonds. The van der Waals surface area contributed by atoms with Gasteiger partial charge in [-0.15, -0.1) is 0 Å². The quantitative estimate of drug-likeness (QED) is 0.0908. The van der Waals surface area contributed by atoms with Crippen LogP contribution in [0, 0.1) is 17.8 Å². The molecule has 0 spiro atoms. The first-order valence-electron chi connectivity index (χ1n) is 14.6. The van der Waals surface area contributed by atoms with Gasteiger partial charge in [0.25, 0.3) is 0 Å². The van der Waals surface area contributed by atoms with Crippen LogP contribution in [0.25, 0.3) is 0 Å². The van der Waals surface area contributed by atoms with E-state index in [1.807, 2.05) is 0 Å². The molecule has 0 aliphatic heterocycles. The molecule has 7 nitrogen and oxygen atoms in total. The Balaban J connectivity index is 4.88. The van der Waals surface area contributed by atoms with E-state index in [1.54, 1.807) is 20.8 Å². The van der Waals surface area contributed by atoms with Crippen LogP contribution in [0.4, 0.5) is 0 Å². The van der Waals surface area contributed by atoms with Gasteiger partial charge in [0.2, 0.25) is 0 Å². The van der Waals surface area contributed by atoms with Crippen LogP contribution in [0.1, 0.15) is 124 Å². The smallest absolute Gasteiger partial charge is 0.306 e. The highest BCUT2D eigenvalue weighted by molar-refractivity contribution is 5.70. The number of carbonyl (C=O) groups is 3. The average Bonchev–Trinajstić information content (AvgIpc) is 2.84. The van der Waals surface area contributed by atoms with E-state index in [2.05, 4.69) is 6.92 Å². The lowest BCUT2D eigenvalue weighted by Crippen LogP contribution is -2.52. The van der Waals surface area contributed by atoms with E-state index in [0.29, 0.717) is 43.4 Å². The van der Waals surface area contributed by atoms with Gasteiger partial charge in [0, 0.05) is 19.3 Å². The van der Waals surface area contributed by atoms with Crippen LogP contribution < -0.4 is 0 Å². The lowest BCUT2D eigenvalue weighted by molar-refractivity contribution is -0.929. The minimum Gasteiger partial charge on any atom is -0.481 e. The van der Waals surface area contributed by atoms with Crippen molar-refractivity contribution in [1.29, 1.82) is 0 Å². The molecule has 0 saturated heterocycles. The second-order valence-electron chi connectivity index (χ2n) is 11.2. The summed E-state index contributed by atoms with van der Waals surface area (Å²) in [5.74, 6) is -3.89. The maximum absolute atomic E-state index is 11.4. The summed E-state index contributed by atoms with van der Waals surface area (Å²) in [5.41, 5.74) is 0. The van der Waals surface area contributed by atoms with Crippen molar-refractivity contribution < 1.29 is 34.2 Å². The lowest BCUT2D eigenvalue weighted by atomic mass is 10.0. The molecule has 0 heterocycles. The Hall–Kier alpha value is -1.63. The third kappa shape index (κ3) is 16.9. The molecule has 0 bridgehead atoms. The van der Waals surface area contributed by atoms with Crippen LogP contribution in [0.3, 0.4) is 0 Å². The molecule has 0 aromatic carbocycles. The Bertz CT molecular complexity index is 549.